The molecule has 2 fully saturated rings. The molecule has 3 aromatic rings. The van der Waals surface area contributed by atoms with Gasteiger partial charge in [-0.25, -0.2) is 9.97 Å². The second-order valence-electron chi connectivity index (χ2n) is 9.20. The summed E-state index contributed by atoms with van der Waals surface area (Å²) in [5, 5.41) is 9.23. The molecule has 33 heavy (non-hydrogen) atoms. The highest BCUT2D eigenvalue weighted by Crippen LogP contribution is 2.42. The molecule has 1 saturated heterocycles. The highest BCUT2D eigenvalue weighted by Gasteiger charge is 2.42. The van der Waals surface area contributed by atoms with Crippen molar-refractivity contribution in [2.24, 2.45) is 17.6 Å². The number of aliphatic carboxylic acids is 1. The second-order valence-corrected chi connectivity index (χ2v) is 9.20. The Kier molecular flexibility index (Phi) is 5.81. The number of fused-ring (bicyclic) bond motifs is 1. The van der Waals surface area contributed by atoms with Crippen molar-refractivity contribution in [3.05, 3.63) is 59.8 Å². The summed E-state index contributed by atoms with van der Waals surface area (Å²) in [6, 6.07) is 15.6. The number of nitrogens with two attached hydrogens (primary N) is 1. The lowest BCUT2D eigenvalue weighted by Gasteiger charge is -2.30. The lowest BCUT2D eigenvalue weighted by molar-refractivity contribution is -0.138. The summed E-state index contributed by atoms with van der Waals surface area (Å²) in [4.78, 5) is 35.9. The molecule has 2 unspecified atom stereocenters. The van der Waals surface area contributed by atoms with Gasteiger partial charge in [0.15, 0.2) is 0 Å². The number of carbonyl (C=O) groups is 2. The molecule has 1 saturated carbocycles. The van der Waals surface area contributed by atoms with Crippen LogP contribution in [0.15, 0.2) is 48.5 Å². The van der Waals surface area contributed by atoms with E-state index in [1.807, 2.05) is 53.4 Å². The number of likely N-dealkylation sites (tertiary alicyclic amines) is 1. The molecular weight excluding hydrogens is 416 g/mol. The van der Waals surface area contributed by atoms with E-state index >= 15 is 0 Å². The van der Waals surface area contributed by atoms with Gasteiger partial charge in [0, 0.05) is 30.3 Å². The zero-order valence-electron chi connectivity index (χ0n) is 18.5. The molecule has 2 aliphatic rings. The van der Waals surface area contributed by atoms with Crippen molar-refractivity contribution in [2.75, 3.05) is 13.1 Å². The van der Waals surface area contributed by atoms with Crippen LogP contribution in [0.3, 0.4) is 0 Å². The van der Waals surface area contributed by atoms with Gasteiger partial charge in [-0.05, 0) is 56.2 Å². The lowest BCUT2D eigenvalue weighted by atomic mass is 10.0. The molecule has 0 bridgehead atoms. The van der Waals surface area contributed by atoms with Crippen molar-refractivity contribution < 1.29 is 14.7 Å². The third kappa shape index (κ3) is 4.59. The zero-order chi connectivity index (χ0) is 22.9. The van der Waals surface area contributed by atoms with E-state index in [4.69, 9.17) is 15.7 Å². The van der Waals surface area contributed by atoms with Gasteiger partial charge < -0.3 is 15.7 Å². The third-order valence-corrected chi connectivity index (χ3v) is 6.85. The standard InChI is InChI=1S/C26H28N4O3/c27-19-10-12-30(13-11-19)25(31)18-7-8-21-23(15-18)28-22(9-6-17-14-20(17)26(32)33)24(29-21)16-4-2-1-3-5-16/h1-5,7-8,15,17,19-20H,6,9-14,27H2,(H,32,33). The summed E-state index contributed by atoms with van der Waals surface area (Å²) in [7, 11) is 0. The normalized spacial score (nSPS) is 20.7. The average molecular weight is 445 g/mol. The van der Waals surface area contributed by atoms with E-state index in [0.29, 0.717) is 30.6 Å². The lowest BCUT2D eigenvalue weighted by Crippen LogP contribution is -2.42. The number of carboxylic acids is 1. The van der Waals surface area contributed by atoms with Gasteiger partial charge in [-0.1, -0.05) is 30.3 Å². The molecule has 7 heteroatoms. The molecule has 2 atom stereocenters. The van der Waals surface area contributed by atoms with Crippen LogP contribution in [0, 0.1) is 11.8 Å². The number of hydrogen-bond donors (Lipinski definition) is 2. The van der Waals surface area contributed by atoms with E-state index in [2.05, 4.69) is 0 Å². The third-order valence-electron chi connectivity index (χ3n) is 6.85. The number of carbonyl (C=O) groups excluding carboxylic acids is 1. The molecule has 1 amide bonds. The fourth-order valence-corrected chi connectivity index (χ4v) is 4.70. The van der Waals surface area contributed by atoms with Crippen LogP contribution < -0.4 is 5.73 Å². The van der Waals surface area contributed by atoms with Crippen LogP contribution in [-0.2, 0) is 11.2 Å². The zero-order valence-corrected chi connectivity index (χ0v) is 18.5. The number of amides is 1. The molecule has 170 valence electrons. The van der Waals surface area contributed by atoms with E-state index in [1.54, 1.807) is 0 Å². The number of aryl methyl sites for hydroxylation is 1. The van der Waals surface area contributed by atoms with Crippen molar-refractivity contribution in [3.8, 4) is 11.3 Å². The minimum Gasteiger partial charge on any atom is -0.481 e. The maximum Gasteiger partial charge on any atom is 0.306 e. The van der Waals surface area contributed by atoms with E-state index in [9.17, 15) is 14.7 Å². The van der Waals surface area contributed by atoms with Crippen molar-refractivity contribution in [2.45, 2.75) is 38.1 Å². The molecular formula is C26H28N4O3. The average Bonchev–Trinajstić information content (AvgIpc) is 3.62. The molecule has 0 spiro atoms. The van der Waals surface area contributed by atoms with E-state index < -0.39 is 5.97 Å². The van der Waals surface area contributed by atoms with Gasteiger partial charge in [-0.3, -0.25) is 9.59 Å². The van der Waals surface area contributed by atoms with E-state index in [0.717, 1.165) is 48.2 Å². The van der Waals surface area contributed by atoms with Crippen LogP contribution in [0.25, 0.3) is 22.3 Å². The molecule has 2 heterocycles. The fraction of sp³-hybridized carbons (Fsp3) is 0.385. The van der Waals surface area contributed by atoms with Crippen molar-refractivity contribution >= 4 is 22.9 Å². The Bertz CT molecular complexity index is 1190. The Morgan fingerprint density at radius 1 is 1.03 bits per heavy atom. The monoisotopic (exact) mass is 444 g/mol. The van der Waals surface area contributed by atoms with Crippen LogP contribution >= 0.6 is 0 Å². The number of rotatable bonds is 6. The Morgan fingerprint density at radius 3 is 2.48 bits per heavy atom. The Hall–Kier alpha value is -3.32. The van der Waals surface area contributed by atoms with E-state index in [-0.39, 0.29) is 23.8 Å². The van der Waals surface area contributed by atoms with Crippen molar-refractivity contribution in [1.82, 2.24) is 14.9 Å². The molecule has 1 aliphatic carbocycles. The van der Waals surface area contributed by atoms with Crippen LogP contribution in [0.1, 0.15) is 41.7 Å². The maximum absolute atomic E-state index is 13.0. The van der Waals surface area contributed by atoms with E-state index in [1.165, 1.54) is 0 Å². The second kappa shape index (κ2) is 8.90. The topological polar surface area (TPSA) is 109 Å². The first-order valence-corrected chi connectivity index (χ1v) is 11.6. The molecule has 2 aromatic carbocycles. The predicted molar refractivity (Wildman–Crippen MR) is 126 cm³/mol. The molecule has 0 radical (unpaired) electrons. The molecule has 1 aromatic heterocycles. The van der Waals surface area contributed by atoms with Crippen molar-refractivity contribution in [1.29, 1.82) is 0 Å². The fourth-order valence-electron chi connectivity index (χ4n) is 4.70. The van der Waals surface area contributed by atoms with Crippen LogP contribution in [0.5, 0.6) is 0 Å². The maximum atomic E-state index is 13.0. The van der Waals surface area contributed by atoms with Gasteiger partial charge >= 0.3 is 5.97 Å². The summed E-state index contributed by atoms with van der Waals surface area (Å²) < 4.78 is 0. The first-order valence-electron chi connectivity index (χ1n) is 11.6. The van der Waals surface area contributed by atoms with Crippen molar-refractivity contribution in [3.63, 3.8) is 0 Å². The molecule has 3 N–H and O–H groups in total. The summed E-state index contributed by atoms with van der Waals surface area (Å²) >= 11 is 0. The predicted octanol–water partition coefficient (Wildman–Crippen LogP) is 3.51. The SMILES string of the molecule is NC1CCN(C(=O)c2ccc3nc(-c4ccccc4)c(CCC4CC4C(=O)O)nc3c2)CC1. The Morgan fingerprint density at radius 2 is 1.79 bits per heavy atom. The van der Waals surface area contributed by atoms with Gasteiger partial charge in [-0.15, -0.1) is 0 Å². The van der Waals surface area contributed by atoms with Gasteiger partial charge in [0.1, 0.15) is 0 Å². The number of hydrogen-bond acceptors (Lipinski definition) is 5. The highest BCUT2D eigenvalue weighted by molar-refractivity contribution is 5.97. The van der Waals surface area contributed by atoms with Gasteiger partial charge in [0.05, 0.1) is 28.3 Å². The minimum absolute atomic E-state index is 0.00145. The molecule has 5 rings (SSSR count). The molecule has 7 nitrogen and oxygen atoms in total. The first-order chi connectivity index (χ1) is 16.0. The van der Waals surface area contributed by atoms with Gasteiger partial charge in [0.2, 0.25) is 0 Å². The highest BCUT2D eigenvalue weighted by atomic mass is 16.4. The Balaban J connectivity index is 1.45. The smallest absolute Gasteiger partial charge is 0.306 e. The van der Waals surface area contributed by atoms with Gasteiger partial charge in [0.25, 0.3) is 5.91 Å². The Labute approximate surface area is 192 Å². The van der Waals surface area contributed by atoms with Gasteiger partial charge in [-0.2, -0.15) is 0 Å². The number of aromatic nitrogens is 2. The summed E-state index contributed by atoms with van der Waals surface area (Å²) in [5.74, 6) is -0.751. The number of benzene rings is 2. The quantitative estimate of drug-likeness (QED) is 0.602. The summed E-state index contributed by atoms with van der Waals surface area (Å²) in [6.45, 7) is 1.35. The first kappa shape index (κ1) is 21.5. The number of carboxylic acid groups (broad SMARTS) is 1. The molecule has 1 aliphatic heterocycles. The number of nitrogens with zero attached hydrogens (tertiary/aromatic N) is 3. The summed E-state index contributed by atoms with van der Waals surface area (Å²) in [5.41, 5.74) is 10.7. The van der Waals surface area contributed by atoms with Crippen LogP contribution in [0.2, 0.25) is 0 Å². The van der Waals surface area contributed by atoms with Crippen LogP contribution in [-0.4, -0.2) is 51.0 Å². The van der Waals surface area contributed by atoms with Crippen LogP contribution in [0.4, 0.5) is 0 Å². The minimum atomic E-state index is -0.713. The largest absolute Gasteiger partial charge is 0.481 e. The summed E-state index contributed by atoms with van der Waals surface area (Å²) in [6.07, 6.45) is 3.80. The number of piperidine rings is 1.